The van der Waals surface area contributed by atoms with E-state index in [0.717, 1.165) is 36.7 Å². The topological polar surface area (TPSA) is 9.23 Å². The van der Waals surface area contributed by atoms with Crippen molar-refractivity contribution in [3.63, 3.8) is 0 Å². The standard InChI is InChI=1S/C13H13BrF4O/c14-7-12(4-1-5-12)8-19-9-2-3-11(15)10(6-9)13(16,17)18/h2-3,6H,1,4-5,7-8H2. The fourth-order valence-corrected chi connectivity index (χ4v) is 2.76. The molecule has 1 saturated carbocycles. The molecule has 1 aromatic rings. The lowest BCUT2D eigenvalue weighted by Crippen LogP contribution is -2.37. The molecule has 0 aromatic heterocycles. The van der Waals surface area contributed by atoms with E-state index in [0.29, 0.717) is 6.61 Å². The third kappa shape index (κ3) is 3.22. The molecule has 0 N–H and O–H groups in total. The maximum Gasteiger partial charge on any atom is 0.419 e. The van der Waals surface area contributed by atoms with E-state index in [1.165, 1.54) is 6.07 Å². The number of hydrogen-bond donors (Lipinski definition) is 0. The Morgan fingerprint density at radius 2 is 1.95 bits per heavy atom. The van der Waals surface area contributed by atoms with Crippen LogP contribution in [-0.4, -0.2) is 11.9 Å². The molecule has 1 fully saturated rings. The van der Waals surface area contributed by atoms with E-state index in [9.17, 15) is 17.6 Å². The predicted molar refractivity (Wildman–Crippen MR) is 67.0 cm³/mol. The highest BCUT2D eigenvalue weighted by Crippen LogP contribution is 2.43. The van der Waals surface area contributed by atoms with Crippen LogP contribution in [0.4, 0.5) is 17.6 Å². The molecule has 0 unspecified atom stereocenters. The van der Waals surface area contributed by atoms with Crippen molar-refractivity contribution in [1.29, 1.82) is 0 Å². The average Bonchev–Trinajstić information content (AvgIpc) is 2.28. The second-order valence-corrected chi connectivity index (χ2v) is 5.48. The molecule has 1 aliphatic rings. The number of alkyl halides is 4. The van der Waals surface area contributed by atoms with Crippen LogP contribution < -0.4 is 4.74 Å². The van der Waals surface area contributed by atoms with Gasteiger partial charge in [0.25, 0.3) is 0 Å². The van der Waals surface area contributed by atoms with Gasteiger partial charge in [0, 0.05) is 10.7 Å². The van der Waals surface area contributed by atoms with Gasteiger partial charge in [0.2, 0.25) is 0 Å². The van der Waals surface area contributed by atoms with Gasteiger partial charge in [-0.1, -0.05) is 22.4 Å². The van der Waals surface area contributed by atoms with Gasteiger partial charge in [0.05, 0.1) is 12.2 Å². The summed E-state index contributed by atoms with van der Waals surface area (Å²) in [4.78, 5) is 0. The van der Waals surface area contributed by atoms with Crippen molar-refractivity contribution in [3.8, 4) is 5.75 Å². The highest BCUT2D eigenvalue weighted by molar-refractivity contribution is 9.09. The summed E-state index contributed by atoms with van der Waals surface area (Å²) in [6, 6.07) is 2.74. The molecular formula is C13H13BrF4O. The number of halogens is 5. The zero-order valence-electron chi connectivity index (χ0n) is 10.1. The van der Waals surface area contributed by atoms with Crippen LogP contribution in [0.3, 0.4) is 0 Å². The van der Waals surface area contributed by atoms with Crippen molar-refractivity contribution >= 4 is 15.9 Å². The van der Waals surface area contributed by atoms with E-state index in [1.54, 1.807) is 0 Å². The average molecular weight is 341 g/mol. The van der Waals surface area contributed by atoms with Gasteiger partial charge in [-0.15, -0.1) is 0 Å². The molecule has 0 atom stereocenters. The minimum atomic E-state index is -4.70. The summed E-state index contributed by atoms with van der Waals surface area (Å²) in [5.41, 5.74) is -1.28. The first-order valence-corrected chi connectivity index (χ1v) is 7.04. The van der Waals surface area contributed by atoms with Crippen molar-refractivity contribution < 1.29 is 22.3 Å². The molecule has 0 amide bonds. The highest BCUT2D eigenvalue weighted by Gasteiger charge is 2.37. The second-order valence-electron chi connectivity index (χ2n) is 4.92. The Morgan fingerprint density at radius 1 is 1.26 bits per heavy atom. The van der Waals surface area contributed by atoms with Crippen LogP contribution in [-0.2, 0) is 6.18 Å². The lowest BCUT2D eigenvalue weighted by atomic mass is 9.71. The van der Waals surface area contributed by atoms with Gasteiger partial charge in [-0.2, -0.15) is 13.2 Å². The van der Waals surface area contributed by atoms with Crippen molar-refractivity contribution in [1.82, 2.24) is 0 Å². The molecular weight excluding hydrogens is 328 g/mol. The Hall–Kier alpha value is -0.780. The van der Waals surface area contributed by atoms with Crippen molar-refractivity contribution in [2.45, 2.75) is 25.4 Å². The Bertz CT molecular complexity index is 449. The first-order chi connectivity index (χ1) is 8.86. The van der Waals surface area contributed by atoms with Crippen LogP contribution in [0, 0.1) is 11.2 Å². The molecule has 0 saturated heterocycles. The summed E-state index contributed by atoms with van der Waals surface area (Å²) >= 11 is 3.39. The summed E-state index contributed by atoms with van der Waals surface area (Å²) in [6.45, 7) is 0.348. The van der Waals surface area contributed by atoms with Crippen molar-refractivity contribution in [2.75, 3.05) is 11.9 Å². The minimum Gasteiger partial charge on any atom is -0.493 e. The monoisotopic (exact) mass is 340 g/mol. The molecule has 0 bridgehead atoms. The summed E-state index contributed by atoms with van der Waals surface area (Å²) in [5, 5.41) is 0.757. The Kier molecular flexibility index (Phi) is 4.08. The maximum atomic E-state index is 13.1. The Labute approximate surface area is 117 Å². The molecule has 106 valence electrons. The van der Waals surface area contributed by atoms with Crippen LogP contribution in [0.5, 0.6) is 5.75 Å². The number of benzene rings is 1. The van der Waals surface area contributed by atoms with Crippen molar-refractivity contribution in [2.24, 2.45) is 5.41 Å². The third-order valence-electron chi connectivity index (χ3n) is 3.49. The predicted octanol–water partition coefficient (Wildman–Crippen LogP) is 4.79. The number of hydrogen-bond acceptors (Lipinski definition) is 1. The highest BCUT2D eigenvalue weighted by atomic mass is 79.9. The first-order valence-electron chi connectivity index (χ1n) is 5.92. The lowest BCUT2D eigenvalue weighted by Gasteiger charge is -2.40. The van der Waals surface area contributed by atoms with Gasteiger partial charge in [0.1, 0.15) is 11.6 Å². The number of rotatable bonds is 4. The Morgan fingerprint density at radius 3 is 2.42 bits per heavy atom. The molecule has 0 radical (unpaired) electrons. The molecule has 1 nitrogen and oxygen atoms in total. The van der Waals surface area contributed by atoms with Crippen LogP contribution >= 0.6 is 15.9 Å². The summed E-state index contributed by atoms with van der Waals surface area (Å²) < 4.78 is 56.1. The van der Waals surface area contributed by atoms with E-state index in [-0.39, 0.29) is 11.2 Å². The summed E-state index contributed by atoms with van der Waals surface area (Å²) in [6.07, 6.45) is -1.61. The van der Waals surface area contributed by atoms with E-state index in [1.807, 2.05) is 0 Å². The first kappa shape index (κ1) is 14.6. The van der Waals surface area contributed by atoms with E-state index >= 15 is 0 Å². The normalized spacial score (nSPS) is 17.9. The van der Waals surface area contributed by atoms with Gasteiger partial charge in [0.15, 0.2) is 0 Å². The van der Waals surface area contributed by atoms with E-state index in [4.69, 9.17) is 4.74 Å². The van der Waals surface area contributed by atoms with Crippen LogP contribution in [0.15, 0.2) is 18.2 Å². The van der Waals surface area contributed by atoms with E-state index in [2.05, 4.69) is 15.9 Å². The van der Waals surface area contributed by atoms with Gasteiger partial charge in [-0.25, -0.2) is 4.39 Å². The van der Waals surface area contributed by atoms with E-state index < -0.39 is 17.6 Å². The molecule has 6 heteroatoms. The maximum absolute atomic E-state index is 13.1. The van der Waals surface area contributed by atoms with Gasteiger partial charge in [-0.05, 0) is 31.0 Å². The summed E-state index contributed by atoms with van der Waals surface area (Å²) in [7, 11) is 0. The molecule has 1 aromatic carbocycles. The zero-order chi connectivity index (χ0) is 14.1. The molecule has 19 heavy (non-hydrogen) atoms. The fraction of sp³-hybridized carbons (Fsp3) is 0.538. The van der Waals surface area contributed by atoms with Crippen LogP contribution in [0.2, 0.25) is 0 Å². The zero-order valence-corrected chi connectivity index (χ0v) is 11.7. The third-order valence-corrected chi connectivity index (χ3v) is 4.68. The molecule has 0 spiro atoms. The largest absolute Gasteiger partial charge is 0.493 e. The minimum absolute atomic E-state index is 0.00673. The molecule has 2 rings (SSSR count). The molecule has 0 heterocycles. The Balaban J connectivity index is 2.09. The second kappa shape index (κ2) is 5.31. The smallest absolute Gasteiger partial charge is 0.419 e. The quantitative estimate of drug-likeness (QED) is 0.565. The van der Waals surface area contributed by atoms with Crippen molar-refractivity contribution in [3.05, 3.63) is 29.6 Å². The summed E-state index contributed by atoms with van der Waals surface area (Å²) in [5.74, 6) is -1.22. The fourth-order valence-electron chi connectivity index (χ4n) is 2.04. The number of ether oxygens (including phenoxy) is 1. The molecule has 0 aliphatic heterocycles. The van der Waals surface area contributed by atoms with Gasteiger partial charge in [-0.3, -0.25) is 0 Å². The van der Waals surface area contributed by atoms with Gasteiger partial charge >= 0.3 is 6.18 Å². The lowest BCUT2D eigenvalue weighted by molar-refractivity contribution is -0.140. The molecule has 1 aliphatic carbocycles. The van der Waals surface area contributed by atoms with Crippen LogP contribution in [0.1, 0.15) is 24.8 Å². The SMILES string of the molecule is Fc1ccc(OCC2(CBr)CCC2)cc1C(F)(F)F. The van der Waals surface area contributed by atoms with Gasteiger partial charge < -0.3 is 4.74 Å². The van der Waals surface area contributed by atoms with Crippen LogP contribution in [0.25, 0.3) is 0 Å².